The molecule has 2 heterocycles. The van der Waals surface area contributed by atoms with Gasteiger partial charge in [-0.2, -0.15) is 0 Å². The molecule has 0 aliphatic rings. The largest absolute Gasteiger partial charge is 0.437 e. The van der Waals surface area contributed by atoms with Crippen molar-refractivity contribution in [3.63, 3.8) is 0 Å². The van der Waals surface area contributed by atoms with Gasteiger partial charge in [0.05, 0.1) is 5.39 Å². The number of furan rings is 1. The van der Waals surface area contributed by atoms with E-state index in [0.29, 0.717) is 12.3 Å². The lowest BCUT2D eigenvalue weighted by Gasteiger charge is -2.09. The summed E-state index contributed by atoms with van der Waals surface area (Å²) < 4.78 is 6.24. The first kappa shape index (κ1) is 18.4. The summed E-state index contributed by atoms with van der Waals surface area (Å²) in [6, 6.07) is 28.0. The normalized spacial score (nSPS) is 11.0. The van der Waals surface area contributed by atoms with Gasteiger partial charge in [0, 0.05) is 22.7 Å². The third-order valence-electron chi connectivity index (χ3n) is 4.96. The molecule has 0 atom stereocenters. The molecule has 0 radical (unpaired) electrons. The Morgan fingerprint density at radius 1 is 0.767 bits per heavy atom. The van der Waals surface area contributed by atoms with Gasteiger partial charge in [-0.3, -0.25) is 0 Å². The lowest BCUT2D eigenvalue weighted by Crippen LogP contribution is -2.02. The van der Waals surface area contributed by atoms with Gasteiger partial charge in [-0.25, -0.2) is 9.97 Å². The molecule has 5 aromatic rings. The molecule has 0 aliphatic carbocycles. The molecule has 4 nitrogen and oxygen atoms in total. The number of hydrogen-bond donors (Lipinski definition) is 1. The first-order chi connectivity index (χ1) is 14.8. The van der Waals surface area contributed by atoms with Crippen molar-refractivity contribution in [2.45, 2.75) is 6.54 Å². The summed E-state index contributed by atoms with van der Waals surface area (Å²) in [6.07, 6.45) is 1.53. The average molecular weight is 412 g/mol. The van der Waals surface area contributed by atoms with Crippen LogP contribution in [-0.2, 0) is 6.54 Å². The van der Waals surface area contributed by atoms with Crippen LogP contribution in [0.15, 0.2) is 95.7 Å². The predicted octanol–water partition coefficient (Wildman–Crippen LogP) is 6.82. The average Bonchev–Trinajstić information content (AvgIpc) is 3.20. The van der Waals surface area contributed by atoms with Crippen molar-refractivity contribution < 1.29 is 4.42 Å². The lowest BCUT2D eigenvalue weighted by atomic mass is 9.99. The Labute approximate surface area is 179 Å². The summed E-state index contributed by atoms with van der Waals surface area (Å²) in [5, 5.41) is 5.04. The van der Waals surface area contributed by atoms with Gasteiger partial charge in [-0.15, -0.1) is 0 Å². The lowest BCUT2D eigenvalue weighted by molar-refractivity contribution is 0.618. The molecule has 3 aromatic carbocycles. The zero-order chi connectivity index (χ0) is 20.3. The zero-order valence-electron chi connectivity index (χ0n) is 16.0. The third-order valence-corrected chi connectivity index (χ3v) is 5.21. The number of hydrogen-bond acceptors (Lipinski definition) is 4. The Morgan fingerprint density at radius 2 is 1.43 bits per heavy atom. The fraction of sp³-hybridized carbons (Fsp3) is 0.0400. The van der Waals surface area contributed by atoms with Crippen molar-refractivity contribution >= 4 is 28.5 Å². The highest BCUT2D eigenvalue weighted by Crippen LogP contribution is 2.42. The summed E-state index contributed by atoms with van der Waals surface area (Å²) in [5.41, 5.74) is 4.70. The third kappa shape index (κ3) is 3.53. The number of aromatic nitrogens is 2. The van der Waals surface area contributed by atoms with Gasteiger partial charge >= 0.3 is 0 Å². The number of nitrogens with one attached hydrogen (secondary N) is 1. The van der Waals surface area contributed by atoms with Gasteiger partial charge in [0.15, 0.2) is 0 Å². The van der Waals surface area contributed by atoms with Crippen LogP contribution in [0.4, 0.5) is 5.82 Å². The summed E-state index contributed by atoms with van der Waals surface area (Å²) in [7, 11) is 0. The van der Waals surface area contributed by atoms with Crippen molar-refractivity contribution in [3.05, 3.63) is 102 Å². The quantitative estimate of drug-likeness (QED) is 0.344. The van der Waals surface area contributed by atoms with Crippen LogP contribution in [-0.4, -0.2) is 9.97 Å². The van der Waals surface area contributed by atoms with E-state index in [2.05, 4.69) is 27.4 Å². The van der Waals surface area contributed by atoms with Crippen molar-refractivity contribution in [3.8, 4) is 22.5 Å². The predicted molar refractivity (Wildman–Crippen MR) is 121 cm³/mol. The Morgan fingerprint density at radius 3 is 2.13 bits per heavy atom. The van der Waals surface area contributed by atoms with E-state index in [1.165, 1.54) is 6.33 Å². The SMILES string of the molecule is Clc1ccc(CNc2ncnc3oc(-c4ccccc4)c(-c4ccccc4)c23)cc1. The number of benzene rings is 3. The molecule has 0 unspecified atom stereocenters. The highest BCUT2D eigenvalue weighted by molar-refractivity contribution is 6.30. The molecule has 1 N–H and O–H groups in total. The van der Waals surface area contributed by atoms with Crippen LogP contribution < -0.4 is 5.32 Å². The highest BCUT2D eigenvalue weighted by atomic mass is 35.5. The second-order valence-electron chi connectivity index (χ2n) is 6.92. The molecular weight excluding hydrogens is 394 g/mol. The van der Waals surface area contributed by atoms with Crippen molar-refractivity contribution in [1.29, 1.82) is 0 Å². The van der Waals surface area contributed by atoms with E-state index in [4.69, 9.17) is 16.0 Å². The molecule has 0 saturated heterocycles. The molecular formula is C25H18ClN3O. The fourth-order valence-corrected chi connectivity index (χ4v) is 3.65. The van der Waals surface area contributed by atoms with Crippen molar-refractivity contribution in [2.24, 2.45) is 0 Å². The zero-order valence-corrected chi connectivity index (χ0v) is 16.8. The van der Waals surface area contributed by atoms with Crippen LogP contribution in [0.5, 0.6) is 0 Å². The van der Waals surface area contributed by atoms with Gasteiger partial charge in [-0.05, 0) is 23.3 Å². The van der Waals surface area contributed by atoms with Crippen LogP contribution >= 0.6 is 11.6 Å². The first-order valence-electron chi connectivity index (χ1n) is 9.66. The molecule has 0 fully saturated rings. The minimum absolute atomic E-state index is 0.557. The van der Waals surface area contributed by atoms with Gasteiger partial charge in [0.25, 0.3) is 0 Å². The fourth-order valence-electron chi connectivity index (χ4n) is 3.53. The Kier molecular flexibility index (Phi) is 4.91. The molecule has 5 heteroatoms. The van der Waals surface area contributed by atoms with Gasteiger partial charge in [0.2, 0.25) is 5.71 Å². The van der Waals surface area contributed by atoms with E-state index < -0.39 is 0 Å². The number of rotatable bonds is 5. The number of fused-ring (bicyclic) bond motifs is 1. The number of nitrogens with zero attached hydrogens (tertiary/aromatic N) is 2. The Balaban J connectivity index is 1.65. The Bertz CT molecular complexity index is 1280. The van der Waals surface area contributed by atoms with Crippen LogP contribution in [0.2, 0.25) is 5.02 Å². The summed E-state index contributed by atoms with van der Waals surface area (Å²) >= 11 is 6.00. The maximum Gasteiger partial charge on any atom is 0.232 e. The van der Waals surface area contributed by atoms with E-state index in [9.17, 15) is 0 Å². The molecule has 30 heavy (non-hydrogen) atoms. The van der Waals surface area contributed by atoms with Crippen molar-refractivity contribution in [2.75, 3.05) is 5.32 Å². The van der Waals surface area contributed by atoms with E-state index in [1.54, 1.807) is 0 Å². The number of anilines is 1. The number of halogens is 1. The van der Waals surface area contributed by atoms with E-state index in [1.807, 2.05) is 72.8 Å². The molecule has 146 valence electrons. The second kappa shape index (κ2) is 8.01. The molecule has 0 aliphatic heterocycles. The topological polar surface area (TPSA) is 51.0 Å². The minimum atomic E-state index is 0.557. The van der Waals surface area contributed by atoms with Gasteiger partial charge in [0.1, 0.15) is 17.9 Å². The van der Waals surface area contributed by atoms with Crippen LogP contribution in [0, 0.1) is 0 Å². The minimum Gasteiger partial charge on any atom is -0.437 e. The maximum absolute atomic E-state index is 6.24. The van der Waals surface area contributed by atoms with Crippen LogP contribution in [0.1, 0.15) is 5.56 Å². The monoisotopic (exact) mass is 411 g/mol. The van der Waals surface area contributed by atoms with Gasteiger partial charge in [-0.1, -0.05) is 84.4 Å². The van der Waals surface area contributed by atoms with E-state index >= 15 is 0 Å². The smallest absolute Gasteiger partial charge is 0.232 e. The molecule has 0 spiro atoms. The van der Waals surface area contributed by atoms with Gasteiger partial charge < -0.3 is 9.73 Å². The van der Waals surface area contributed by atoms with E-state index in [0.717, 1.165) is 44.2 Å². The molecule has 5 rings (SSSR count). The molecule has 0 amide bonds. The standard InChI is InChI=1S/C25H18ClN3O/c26-20-13-11-17(12-14-20)15-27-24-22-21(18-7-3-1-4-8-18)23(19-9-5-2-6-10-19)30-25(22)29-16-28-24/h1-14,16H,15H2,(H,27,28,29). The first-order valence-corrected chi connectivity index (χ1v) is 10.0. The van der Waals surface area contributed by atoms with Crippen LogP contribution in [0.3, 0.4) is 0 Å². The molecule has 0 bridgehead atoms. The summed E-state index contributed by atoms with van der Waals surface area (Å²) in [6.45, 7) is 0.614. The van der Waals surface area contributed by atoms with Crippen LogP contribution in [0.25, 0.3) is 33.6 Å². The van der Waals surface area contributed by atoms with Crippen molar-refractivity contribution in [1.82, 2.24) is 9.97 Å². The summed E-state index contributed by atoms with van der Waals surface area (Å²) in [4.78, 5) is 8.93. The Hall–Kier alpha value is -3.63. The second-order valence-corrected chi connectivity index (χ2v) is 7.36. The maximum atomic E-state index is 6.24. The molecule has 0 saturated carbocycles. The molecule has 2 aromatic heterocycles. The highest BCUT2D eigenvalue weighted by Gasteiger charge is 2.21. The summed E-state index contributed by atoms with van der Waals surface area (Å²) in [5.74, 6) is 1.52. The van der Waals surface area contributed by atoms with E-state index in [-0.39, 0.29) is 0 Å².